The van der Waals surface area contributed by atoms with Crippen LogP contribution < -0.4 is 16.0 Å². The fourth-order valence-corrected chi connectivity index (χ4v) is 2.07. The molecular weight excluding hydrogens is 324 g/mol. The van der Waals surface area contributed by atoms with E-state index in [1.165, 1.54) is 24.3 Å². The summed E-state index contributed by atoms with van der Waals surface area (Å²) in [6, 6.07) is 11.7. The Balaban J connectivity index is 2.09. The zero-order valence-electron chi connectivity index (χ0n) is 13.8. The normalized spacial score (nSPS) is 10.2. The molecule has 0 aliphatic heterocycles. The minimum absolute atomic E-state index is 0.0136. The molecule has 25 heavy (non-hydrogen) atoms. The number of benzene rings is 2. The highest BCUT2D eigenvalue weighted by atomic mass is 16.6. The van der Waals surface area contributed by atoms with Gasteiger partial charge in [-0.25, -0.2) is 4.79 Å². The first-order valence-corrected chi connectivity index (χ1v) is 7.58. The van der Waals surface area contributed by atoms with Crippen molar-refractivity contribution in [2.24, 2.45) is 0 Å². The van der Waals surface area contributed by atoms with Crippen LogP contribution in [0.1, 0.15) is 24.2 Å². The summed E-state index contributed by atoms with van der Waals surface area (Å²) in [5.41, 5.74) is 0.979. The van der Waals surface area contributed by atoms with Crippen LogP contribution in [0.3, 0.4) is 0 Å². The maximum absolute atomic E-state index is 12.3. The predicted molar refractivity (Wildman–Crippen MR) is 94.8 cm³/mol. The standard InChI is InChI=1S/C17H18N4O4/c1-11(2)18-17(23)20-13-6-3-5-12(9-13)16(22)19-14-7-4-8-15(10-14)21(24)25/h3-11H,1-2H3,(H,19,22)(H2,18,20,23). The molecule has 0 aliphatic rings. The third kappa shape index (κ3) is 5.31. The summed E-state index contributed by atoms with van der Waals surface area (Å²) in [4.78, 5) is 34.3. The van der Waals surface area contributed by atoms with Crippen LogP contribution in [0, 0.1) is 10.1 Å². The van der Waals surface area contributed by atoms with Crippen LogP contribution in [-0.2, 0) is 0 Å². The molecular formula is C17H18N4O4. The summed E-state index contributed by atoms with van der Waals surface area (Å²) < 4.78 is 0. The lowest BCUT2D eigenvalue weighted by molar-refractivity contribution is -0.384. The molecule has 0 saturated carbocycles. The summed E-state index contributed by atoms with van der Waals surface area (Å²) in [5.74, 6) is -0.437. The molecule has 3 amide bonds. The first-order valence-electron chi connectivity index (χ1n) is 7.58. The lowest BCUT2D eigenvalue weighted by atomic mass is 10.2. The molecule has 0 atom stereocenters. The lowest BCUT2D eigenvalue weighted by Gasteiger charge is -2.11. The van der Waals surface area contributed by atoms with Gasteiger partial charge < -0.3 is 16.0 Å². The highest BCUT2D eigenvalue weighted by Crippen LogP contribution is 2.18. The van der Waals surface area contributed by atoms with Gasteiger partial charge in [0.15, 0.2) is 0 Å². The van der Waals surface area contributed by atoms with Crippen LogP contribution in [0.4, 0.5) is 21.9 Å². The van der Waals surface area contributed by atoms with Crippen LogP contribution in [0.15, 0.2) is 48.5 Å². The second-order valence-electron chi connectivity index (χ2n) is 5.60. The van der Waals surface area contributed by atoms with Crippen LogP contribution >= 0.6 is 0 Å². The van der Waals surface area contributed by atoms with Crippen molar-refractivity contribution in [1.82, 2.24) is 5.32 Å². The Morgan fingerprint density at radius 1 is 1.00 bits per heavy atom. The van der Waals surface area contributed by atoms with Crippen molar-refractivity contribution in [2.45, 2.75) is 19.9 Å². The number of urea groups is 1. The second kappa shape index (κ2) is 7.91. The van der Waals surface area contributed by atoms with Gasteiger partial charge in [-0.05, 0) is 38.1 Å². The molecule has 2 aromatic carbocycles. The quantitative estimate of drug-likeness (QED) is 0.571. The summed E-state index contributed by atoms with van der Waals surface area (Å²) in [5, 5.41) is 18.7. The van der Waals surface area contributed by atoms with Crippen LogP contribution in [0.2, 0.25) is 0 Å². The minimum Gasteiger partial charge on any atom is -0.336 e. The number of nitro groups is 1. The number of hydrogen-bond acceptors (Lipinski definition) is 4. The molecule has 0 aromatic heterocycles. The van der Waals surface area contributed by atoms with Gasteiger partial charge in [-0.1, -0.05) is 12.1 Å². The lowest BCUT2D eigenvalue weighted by Crippen LogP contribution is -2.34. The molecule has 8 heteroatoms. The number of nitrogens with zero attached hydrogens (tertiary/aromatic N) is 1. The van der Waals surface area contributed by atoms with E-state index >= 15 is 0 Å². The van der Waals surface area contributed by atoms with E-state index in [0.717, 1.165) is 0 Å². The summed E-state index contributed by atoms with van der Waals surface area (Å²) in [6.45, 7) is 3.67. The largest absolute Gasteiger partial charge is 0.336 e. The van der Waals surface area contributed by atoms with Gasteiger partial charge in [0.1, 0.15) is 0 Å². The first kappa shape index (κ1) is 17.9. The molecule has 0 radical (unpaired) electrons. The van der Waals surface area contributed by atoms with Crippen LogP contribution in [-0.4, -0.2) is 22.9 Å². The molecule has 0 aliphatic carbocycles. The molecule has 0 saturated heterocycles. The van der Waals surface area contributed by atoms with Gasteiger partial charge >= 0.3 is 6.03 Å². The van der Waals surface area contributed by atoms with Crippen LogP contribution in [0.25, 0.3) is 0 Å². The Hall–Kier alpha value is -3.42. The van der Waals surface area contributed by atoms with E-state index < -0.39 is 10.8 Å². The van der Waals surface area contributed by atoms with Crippen LogP contribution in [0.5, 0.6) is 0 Å². The Bertz CT molecular complexity index is 805. The topological polar surface area (TPSA) is 113 Å². The Kier molecular flexibility index (Phi) is 5.67. The van der Waals surface area contributed by atoms with E-state index in [1.54, 1.807) is 24.3 Å². The average molecular weight is 342 g/mol. The number of amides is 3. The second-order valence-corrected chi connectivity index (χ2v) is 5.60. The van der Waals surface area contributed by atoms with Crippen molar-refractivity contribution in [3.8, 4) is 0 Å². The molecule has 0 spiro atoms. The van der Waals surface area contributed by atoms with E-state index in [-0.39, 0.29) is 17.8 Å². The van der Waals surface area contributed by atoms with E-state index in [4.69, 9.17) is 0 Å². The maximum Gasteiger partial charge on any atom is 0.319 e. The minimum atomic E-state index is -0.534. The van der Waals surface area contributed by atoms with Gasteiger partial charge in [0, 0.05) is 35.1 Å². The number of rotatable bonds is 5. The van der Waals surface area contributed by atoms with Crippen molar-refractivity contribution in [3.05, 3.63) is 64.2 Å². The zero-order valence-corrected chi connectivity index (χ0v) is 13.8. The van der Waals surface area contributed by atoms with Crippen molar-refractivity contribution in [3.63, 3.8) is 0 Å². The molecule has 130 valence electrons. The molecule has 8 nitrogen and oxygen atoms in total. The fourth-order valence-electron chi connectivity index (χ4n) is 2.07. The van der Waals surface area contributed by atoms with E-state index in [2.05, 4.69) is 16.0 Å². The summed E-state index contributed by atoms with van der Waals surface area (Å²) in [6.07, 6.45) is 0. The van der Waals surface area contributed by atoms with Gasteiger partial charge in [0.05, 0.1) is 4.92 Å². The molecule has 2 rings (SSSR count). The summed E-state index contributed by atoms with van der Waals surface area (Å²) >= 11 is 0. The SMILES string of the molecule is CC(C)NC(=O)Nc1cccc(C(=O)Nc2cccc([N+](=O)[O-])c2)c1. The fraction of sp³-hybridized carbons (Fsp3) is 0.176. The third-order valence-electron chi connectivity index (χ3n) is 3.12. The van der Waals surface area contributed by atoms with Crippen molar-refractivity contribution in [2.75, 3.05) is 10.6 Å². The highest BCUT2D eigenvalue weighted by Gasteiger charge is 2.11. The van der Waals surface area contributed by atoms with Crippen molar-refractivity contribution in [1.29, 1.82) is 0 Å². The van der Waals surface area contributed by atoms with E-state index in [1.807, 2.05) is 13.8 Å². The van der Waals surface area contributed by atoms with Crippen molar-refractivity contribution < 1.29 is 14.5 Å². The van der Waals surface area contributed by atoms with E-state index in [0.29, 0.717) is 16.9 Å². The van der Waals surface area contributed by atoms with Gasteiger partial charge in [-0.15, -0.1) is 0 Å². The average Bonchev–Trinajstić information content (AvgIpc) is 2.54. The van der Waals surface area contributed by atoms with Gasteiger partial charge in [0.2, 0.25) is 0 Å². The number of non-ortho nitro benzene ring substituents is 1. The molecule has 2 aromatic rings. The monoisotopic (exact) mass is 342 g/mol. The first-order chi connectivity index (χ1) is 11.8. The molecule has 3 N–H and O–H groups in total. The third-order valence-corrected chi connectivity index (χ3v) is 3.12. The molecule has 0 bridgehead atoms. The Morgan fingerprint density at radius 2 is 1.64 bits per heavy atom. The Morgan fingerprint density at radius 3 is 2.28 bits per heavy atom. The molecule has 0 unspecified atom stereocenters. The van der Waals surface area contributed by atoms with Gasteiger partial charge in [-0.2, -0.15) is 0 Å². The number of nitro benzene ring substituents is 1. The maximum atomic E-state index is 12.3. The number of anilines is 2. The Labute approximate surface area is 144 Å². The number of carbonyl (C=O) groups excluding carboxylic acids is 2. The number of carbonyl (C=O) groups is 2. The number of hydrogen-bond donors (Lipinski definition) is 3. The van der Waals surface area contributed by atoms with Crippen molar-refractivity contribution >= 4 is 29.0 Å². The highest BCUT2D eigenvalue weighted by molar-refractivity contribution is 6.05. The summed E-state index contributed by atoms with van der Waals surface area (Å²) in [7, 11) is 0. The number of nitrogens with one attached hydrogen (secondary N) is 3. The van der Waals surface area contributed by atoms with E-state index in [9.17, 15) is 19.7 Å². The zero-order chi connectivity index (χ0) is 18.4. The molecule has 0 heterocycles. The van der Waals surface area contributed by atoms with Gasteiger partial charge in [-0.3, -0.25) is 14.9 Å². The van der Waals surface area contributed by atoms with Gasteiger partial charge in [0.25, 0.3) is 11.6 Å². The predicted octanol–water partition coefficient (Wildman–Crippen LogP) is 3.38. The smallest absolute Gasteiger partial charge is 0.319 e. The molecule has 0 fully saturated rings.